The molecule has 1 N–H and O–H groups in total. The molecule has 12 heteroatoms. The lowest BCUT2D eigenvalue weighted by molar-refractivity contribution is -0.109. The predicted molar refractivity (Wildman–Crippen MR) is 160 cm³/mol. The van der Waals surface area contributed by atoms with Gasteiger partial charge in [0.05, 0.1) is 12.3 Å². The monoisotopic (exact) mass is 594 g/mol. The van der Waals surface area contributed by atoms with E-state index in [1.807, 2.05) is 34.6 Å². The Kier molecular flexibility index (Phi) is 10.1. The molecule has 0 aromatic carbocycles. The number of amides is 3. The van der Waals surface area contributed by atoms with Crippen molar-refractivity contribution in [3.63, 3.8) is 0 Å². The van der Waals surface area contributed by atoms with Crippen molar-refractivity contribution in [2.75, 3.05) is 44.1 Å². The van der Waals surface area contributed by atoms with Crippen molar-refractivity contribution < 1.29 is 28.5 Å². The Labute approximate surface area is 253 Å². The first-order valence-electron chi connectivity index (χ1n) is 14.7. The number of aryl methyl sites for hydroxylation is 1. The molecule has 4 heterocycles. The summed E-state index contributed by atoms with van der Waals surface area (Å²) in [6, 6.07) is 5.34. The molecule has 12 nitrogen and oxygen atoms in total. The summed E-state index contributed by atoms with van der Waals surface area (Å²) in [5.41, 5.74) is 2.31. The number of nitriles is 1. The van der Waals surface area contributed by atoms with E-state index in [2.05, 4.69) is 22.4 Å². The molecule has 1 saturated heterocycles. The second kappa shape index (κ2) is 13.6. The Morgan fingerprint density at radius 3 is 2.42 bits per heavy atom. The summed E-state index contributed by atoms with van der Waals surface area (Å²) < 4.78 is 22.6. The molecular weight excluding hydrogens is 552 g/mol. The first kappa shape index (κ1) is 32.0. The molecule has 0 unspecified atom stereocenters. The Morgan fingerprint density at radius 1 is 1.12 bits per heavy atom. The number of nitrogens with one attached hydrogen (secondary N) is 1. The van der Waals surface area contributed by atoms with Gasteiger partial charge in [-0.3, -0.25) is 10.2 Å². The molecule has 232 valence electrons. The number of methoxy groups -OCH3 is 2. The molecule has 0 atom stereocenters. The lowest BCUT2D eigenvalue weighted by Crippen LogP contribution is -2.42. The summed E-state index contributed by atoms with van der Waals surface area (Å²) in [5, 5.41) is 12.2. The van der Waals surface area contributed by atoms with E-state index in [1.54, 1.807) is 30.1 Å². The highest BCUT2D eigenvalue weighted by Gasteiger charge is 2.33. The van der Waals surface area contributed by atoms with E-state index >= 15 is 0 Å². The van der Waals surface area contributed by atoms with Crippen LogP contribution in [0.15, 0.2) is 18.3 Å². The van der Waals surface area contributed by atoms with Gasteiger partial charge in [-0.25, -0.2) is 19.6 Å². The number of piperidine rings is 1. The number of aromatic nitrogens is 2. The third kappa shape index (κ3) is 7.72. The molecule has 43 heavy (non-hydrogen) atoms. The third-order valence-corrected chi connectivity index (χ3v) is 7.29. The highest BCUT2D eigenvalue weighted by molar-refractivity contribution is 6.01. The number of ether oxygens (including phenoxy) is 4. The lowest BCUT2D eigenvalue weighted by atomic mass is 9.86. The van der Waals surface area contributed by atoms with E-state index in [9.17, 15) is 14.9 Å². The fraction of sp³-hybridized carbons (Fsp3) is 0.581. The van der Waals surface area contributed by atoms with Crippen LogP contribution in [-0.4, -0.2) is 72.6 Å². The Hall–Kier alpha value is -3.95. The molecule has 3 amide bonds. The van der Waals surface area contributed by atoms with Gasteiger partial charge in [0.2, 0.25) is 6.29 Å². The van der Waals surface area contributed by atoms with Crippen LogP contribution in [0.3, 0.4) is 0 Å². The van der Waals surface area contributed by atoms with Crippen LogP contribution < -0.4 is 15.0 Å². The number of hydrogen-bond donors (Lipinski definition) is 1. The highest BCUT2D eigenvalue weighted by atomic mass is 16.7. The van der Waals surface area contributed by atoms with Gasteiger partial charge in [-0.05, 0) is 83.4 Å². The van der Waals surface area contributed by atoms with Gasteiger partial charge < -0.3 is 23.8 Å². The van der Waals surface area contributed by atoms with Gasteiger partial charge in [0.1, 0.15) is 40.3 Å². The van der Waals surface area contributed by atoms with Gasteiger partial charge in [-0.15, -0.1) is 0 Å². The summed E-state index contributed by atoms with van der Waals surface area (Å²) in [5.74, 6) is 1.30. The van der Waals surface area contributed by atoms with Gasteiger partial charge in [0, 0.05) is 39.9 Å². The molecule has 0 saturated carbocycles. The topological polar surface area (TPSA) is 139 Å². The summed E-state index contributed by atoms with van der Waals surface area (Å²) in [6.45, 7) is 10.9. The van der Waals surface area contributed by atoms with Crippen molar-refractivity contribution in [2.45, 2.75) is 84.2 Å². The van der Waals surface area contributed by atoms with Crippen molar-refractivity contribution in [3.05, 3.63) is 40.7 Å². The third-order valence-electron chi connectivity index (χ3n) is 7.29. The average Bonchev–Trinajstić information content (AvgIpc) is 2.96. The van der Waals surface area contributed by atoms with Gasteiger partial charge in [-0.2, -0.15) is 5.26 Å². The van der Waals surface area contributed by atoms with Gasteiger partial charge in [0.25, 0.3) is 0 Å². The molecular formula is C31H42N6O6. The van der Waals surface area contributed by atoms with Crippen molar-refractivity contribution >= 4 is 23.8 Å². The van der Waals surface area contributed by atoms with E-state index in [0.717, 1.165) is 36.8 Å². The van der Waals surface area contributed by atoms with E-state index in [-0.39, 0.29) is 29.5 Å². The maximum absolute atomic E-state index is 13.5. The van der Waals surface area contributed by atoms with E-state index in [1.165, 1.54) is 6.20 Å². The highest BCUT2D eigenvalue weighted by Crippen LogP contribution is 2.38. The van der Waals surface area contributed by atoms with Crippen LogP contribution in [0.2, 0.25) is 0 Å². The second-order valence-electron chi connectivity index (χ2n) is 12.0. The second-order valence-corrected chi connectivity index (χ2v) is 12.0. The molecule has 0 radical (unpaired) electrons. The first-order chi connectivity index (χ1) is 20.4. The molecule has 0 aliphatic carbocycles. The number of hydrogen-bond acceptors (Lipinski definition) is 9. The zero-order valence-electron chi connectivity index (χ0n) is 26.1. The molecule has 2 aliphatic heterocycles. The number of likely N-dealkylation sites (tertiary alicyclic amines) is 1. The van der Waals surface area contributed by atoms with Crippen molar-refractivity contribution in [2.24, 2.45) is 0 Å². The smallest absolute Gasteiger partial charge is 0.410 e. The fourth-order valence-electron chi connectivity index (χ4n) is 5.38. The van der Waals surface area contributed by atoms with E-state index in [4.69, 9.17) is 23.9 Å². The minimum absolute atomic E-state index is 0.130. The van der Waals surface area contributed by atoms with Crippen LogP contribution in [0.1, 0.15) is 88.5 Å². The van der Waals surface area contributed by atoms with Gasteiger partial charge in [-0.1, -0.05) is 0 Å². The summed E-state index contributed by atoms with van der Waals surface area (Å²) >= 11 is 0. The molecule has 0 spiro atoms. The summed E-state index contributed by atoms with van der Waals surface area (Å²) in [7, 11) is 3.12. The molecule has 2 aromatic rings. The van der Waals surface area contributed by atoms with Crippen LogP contribution in [0.25, 0.3) is 0 Å². The fourth-order valence-corrected chi connectivity index (χ4v) is 5.38. The SMILES string of the molecule is COC(OC)c1nc2c(cc1C1CCN(C(=O)OC(C)(C)C)CC1)CCCN2C(=O)Nc1cc(OC(C)C)c(C#N)cn1. The maximum atomic E-state index is 13.5. The van der Waals surface area contributed by atoms with Gasteiger partial charge in [0.15, 0.2) is 0 Å². The number of pyridine rings is 2. The zero-order chi connectivity index (χ0) is 31.3. The van der Waals surface area contributed by atoms with Crippen LogP contribution in [-0.2, 0) is 20.6 Å². The van der Waals surface area contributed by atoms with Crippen LogP contribution in [0.5, 0.6) is 5.75 Å². The molecule has 1 fully saturated rings. The average molecular weight is 595 g/mol. The van der Waals surface area contributed by atoms with Crippen LogP contribution in [0, 0.1) is 11.3 Å². The zero-order valence-corrected chi connectivity index (χ0v) is 26.1. The Morgan fingerprint density at radius 2 is 1.81 bits per heavy atom. The normalized spacial score (nSPS) is 15.7. The van der Waals surface area contributed by atoms with Crippen molar-refractivity contribution in [1.29, 1.82) is 5.26 Å². The minimum atomic E-state index is -0.730. The number of carbonyl (C=O) groups excluding carboxylic acids is 2. The molecule has 2 aromatic heterocycles. The number of urea groups is 1. The van der Waals surface area contributed by atoms with Crippen molar-refractivity contribution in [3.8, 4) is 11.8 Å². The lowest BCUT2D eigenvalue weighted by Gasteiger charge is -2.36. The molecule has 2 aliphatic rings. The molecule has 0 bridgehead atoms. The Balaban J connectivity index is 1.59. The summed E-state index contributed by atoms with van der Waals surface area (Å²) in [4.78, 5) is 38.7. The number of fused-ring (bicyclic) bond motifs is 1. The largest absolute Gasteiger partial charge is 0.489 e. The number of nitrogens with zero attached hydrogens (tertiary/aromatic N) is 5. The van der Waals surface area contributed by atoms with Gasteiger partial charge >= 0.3 is 12.1 Å². The maximum Gasteiger partial charge on any atom is 0.410 e. The first-order valence-corrected chi connectivity index (χ1v) is 14.7. The number of rotatable bonds is 7. The van der Waals surface area contributed by atoms with Crippen LogP contribution >= 0.6 is 0 Å². The molecule has 4 rings (SSSR count). The summed E-state index contributed by atoms with van der Waals surface area (Å²) in [6.07, 6.45) is 3.21. The quantitative estimate of drug-likeness (QED) is 0.410. The standard InChI is InChI=1S/C31H42N6O6/c1-19(2)42-24-16-25(33-18-22(24)17-32)34-29(38)37-12-8-9-21-15-23(26(35-27(21)37)28(40-6)41-7)20-10-13-36(14-11-20)30(39)43-31(3,4)5/h15-16,18-20,28H,8-14H2,1-7H3,(H,33,34,38). The predicted octanol–water partition coefficient (Wildman–Crippen LogP) is 5.53. The van der Waals surface area contributed by atoms with E-state index in [0.29, 0.717) is 36.9 Å². The van der Waals surface area contributed by atoms with Crippen LogP contribution in [0.4, 0.5) is 21.2 Å². The minimum Gasteiger partial charge on any atom is -0.489 e. The van der Waals surface area contributed by atoms with Crippen molar-refractivity contribution in [1.82, 2.24) is 14.9 Å². The Bertz CT molecular complexity index is 1360. The number of anilines is 2. The number of carbonyl (C=O) groups is 2. The van der Waals surface area contributed by atoms with E-state index < -0.39 is 17.9 Å².